The minimum Gasteiger partial charge on any atom is -0.313 e. The van der Waals surface area contributed by atoms with Crippen molar-refractivity contribution in [2.75, 3.05) is 6.54 Å². The van der Waals surface area contributed by atoms with Gasteiger partial charge in [0.1, 0.15) is 0 Å². The molecule has 1 rings (SSSR count). The van der Waals surface area contributed by atoms with Gasteiger partial charge in [-0.1, -0.05) is 59.3 Å². The molecule has 102 valence electrons. The second-order valence-electron chi connectivity index (χ2n) is 6.13. The molecular weight excluding hydrogens is 206 g/mol. The molecule has 0 spiro atoms. The summed E-state index contributed by atoms with van der Waals surface area (Å²) in [5.74, 6) is 1.78. The highest BCUT2D eigenvalue weighted by molar-refractivity contribution is 4.83. The summed E-state index contributed by atoms with van der Waals surface area (Å²) in [6.45, 7) is 8.38. The third-order valence-corrected chi connectivity index (χ3v) is 4.46. The van der Waals surface area contributed by atoms with Gasteiger partial charge in [0.15, 0.2) is 0 Å². The van der Waals surface area contributed by atoms with E-state index in [0.29, 0.717) is 0 Å². The Balaban J connectivity index is 2.01. The van der Waals surface area contributed by atoms with E-state index in [2.05, 4.69) is 26.1 Å². The molecule has 0 amide bonds. The maximum Gasteiger partial charge on any atom is 0.0118 e. The summed E-state index contributed by atoms with van der Waals surface area (Å²) in [6, 6.07) is 0.791. The summed E-state index contributed by atoms with van der Waals surface area (Å²) in [4.78, 5) is 0. The molecule has 2 unspecified atom stereocenters. The van der Waals surface area contributed by atoms with Gasteiger partial charge in [-0.25, -0.2) is 0 Å². The fourth-order valence-electron chi connectivity index (χ4n) is 3.26. The SMILES string of the molecule is CCCCCCCCNC1C(C)CCCC1C. The molecular formula is C16H33N. The molecule has 0 aromatic heterocycles. The van der Waals surface area contributed by atoms with Crippen LogP contribution in [0.2, 0.25) is 0 Å². The Bertz CT molecular complexity index is 168. The molecule has 1 fully saturated rings. The summed E-state index contributed by atoms with van der Waals surface area (Å²) in [5, 5.41) is 3.81. The van der Waals surface area contributed by atoms with E-state index in [1.54, 1.807) is 0 Å². The minimum absolute atomic E-state index is 0.791. The molecule has 1 saturated carbocycles. The van der Waals surface area contributed by atoms with E-state index < -0.39 is 0 Å². The smallest absolute Gasteiger partial charge is 0.0118 e. The van der Waals surface area contributed by atoms with Crippen molar-refractivity contribution in [3.05, 3.63) is 0 Å². The van der Waals surface area contributed by atoms with Crippen molar-refractivity contribution in [2.45, 2.75) is 84.6 Å². The predicted molar refractivity (Wildman–Crippen MR) is 77.3 cm³/mol. The van der Waals surface area contributed by atoms with Crippen molar-refractivity contribution in [2.24, 2.45) is 11.8 Å². The highest BCUT2D eigenvalue weighted by Crippen LogP contribution is 2.28. The van der Waals surface area contributed by atoms with Crippen LogP contribution in [0.3, 0.4) is 0 Å². The topological polar surface area (TPSA) is 12.0 Å². The average Bonchev–Trinajstić information content (AvgIpc) is 2.31. The largest absolute Gasteiger partial charge is 0.313 e. The molecule has 0 aromatic carbocycles. The van der Waals surface area contributed by atoms with E-state index in [4.69, 9.17) is 0 Å². The molecule has 1 aliphatic rings. The first-order valence-electron chi connectivity index (χ1n) is 7.99. The highest BCUT2D eigenvalue weighted by atomic mass is 14.9. The standard InChI is InChI=1S/C16H33N/c1-4-5-6-7-8-9-13-17-16-14(2)11-10-12-15(16)3/h14-17H,4-13H2,1-3H3. The Morgan fingerprint density at radius 1 is 0.882 bits per heavy atom. The maximum absolute atomic E-state index is 3.81. The van der Waals surface area contributed by atoms with Crippen molar-refractivity contribution < 1.29 is 0 Å². The van der Waals surface area contributed by atoms with Crippen molar-refractivity contribution >= 4 is 0 Å². The molecule has 0 aliphatic heterocycles. The number of rotatable bonds is 8. The first-order chi connectivity index (χ1) is 8.25. The maximum atomic E-state index is 3.81. The van der Waals surface area contributed by atoms with Gasteiger partial charge in [0.2, 0.25) is 0 Å². The van der Waals surface area contributed by atoms with Gasteiger partial charge in [-0.15, -0.1) is 0 Å². The third-order valence-electron chi connectivity index (χ3n) is 4.46. The van der Waals surface area contributed by atoms with Crippen LogP contribution in [0.4, 0.5) is 0 Å². The van der Waals surface area contributed by atoms with Crippen molar-refractivity contribution in [1.82, 2.24) is 5.32 Å². The van der Waals surface area contributed by atoms with Gasteiger partial charge >= 0.3 is 0 Å². The van der Waals surface area contributed by atoms with Crippen LogP contribution in [0, 0.1) is 11.8 Å². The van der Waals surface area contributed by atoms with E-state index in [0.717, 1.165) is 17.9 Å². The van der Waals surface area contributed by atoms with E-state index in [-0.39, 0.29) is 0 Å². The van der Waals surface area contributed by atoms with Gasteiger partial charge in [0.25, 0.3) is 0 Å². The Morgan fingerprint density at radius 3 is 2.12 bits per heavy atom. The molecule has 1 N–H and O–H groups in total. The Kier molecular flexibility index (Phi) is 7.92. The van der Waals surface area contributed by atoms with Crippen LogP contribution in [-0.2, 0) is 0 Å². The number of nitrogens with one attached hydrogen (secondary N) is 1. The average molecular weight is 239 g/mol. The predicted octanol–water partition coefficient (Wildman–Crippen LogP) is 4.76. The van der Waals surface area contributed by atoms with Crippen LogP contribution in [0.5, 0.6) is 0 Å². The number of unbranched alkanes of at least 4 members (excludes halogenated alkanes) is 5. The van der Waals surface area contributed by atoms with Gasteiger partial charge < -0.3 is 5.32 Å². The van der Waals surface area contributed by atoms with Gasteiger partial charge in [0, 0.05) is 6.04 Å². The normalized spacial score (nSPS) is 29.5. The molecule has 0 radical (unpaired) electrons. The lowest BCUT2D eigenvalue weighted by Crippen LogP contribution is -2.43. The van der Waals surface area contributed by atoms with Crippen LogP contribution < -0.4 is 5.32 Å². The molecule has 0 aromatic rings. The van der Waals surface area contributed by atoms with Gasteiger partial charge in [0.05, 0.1) is 0 Å². The van der Waals surface area contributed by atoms with Gasteiger partial charge in [-0.2, -0.15) is 0 Å². The fourth-order valence-corrected chi connectivity index (χ4v) is 3.26. The first-order valence-corrected chi connectivity index (χ1v) is 7.99. The number of hydrogen-bond acceptors (Lipinski definition) is 1. The Labute approximate surface area is 109 Å². The van der Waals surface area contributed by atoms with E-state index in [1.807, 2.05) is 0 Å². The number of hydrogen-bond donors (Lipinski definition) is 1. The molecule has 2 atom stereocenters. The molecule has 0 bridgehead atoms. The summed E-state index contributed by atoms with van der Waals surface area (Å²) in [6.07, 6.45) is 12.7. The molecule has 0 saturated heterocycles. The van der Waals surface area contributed by atoms with E-state index >= 15 is 0 Å². The zero-order valence-electron chi connectivity index (χ0n) is 12.3. The van der Waals surface area contributed by atoms with Crippen LogP contribution in [-0.4, -0.2) is 12.6 Å². The van der Waals surface area contributed by atoms with Gasteiger partial charge in [-0.3, -0.25) is 0 Å². The van der Waals surface area contributed by atoms with Crippen molar-refractivity contribution in [1.29, 1.82) is 0 Å². The lowest BCUT2D eigenvalue weighted by molar-refractivity contribution is 0.208. The summed E-state index contributed by atoms with van der Waals surface area (Å²) < 4.78 is 0. The van der Waals surface area contributed by atoms with Gasteiger partial charge in [-0.05, 0) is 37.6 Å². The van der Waals surface area contributed by atoms with Crippen molar-refractivity contribution in [3.8, 4) is 0 Å². The Hall–Kier alpha value is -0.0400. The van der Waals surface area contributed by atoms with Crippen LogP contribution >= 0.6 is 0 Å². The Morgan fingerprint density at radius 2 is 1.47 bits per heavy atom. The fraction of sp³-hybridized carbons (Fsp3) is 1.00. The molecule has 1 aliphatic carbocycles. The first kappa shape index (κ1) is 15.0. The van der Waals surface area contributed by atoms with E-state index in [9.17, 15) is 0 Å². The molecule has 17 heavy (non-hydrogen) atoms. The third kappa shape index (κ3) is 5.90. The summed E-state index contributed by atoms with van der Waals surface area (Å²) in [5.41, 5.74) is 0. The lowest BCUT2D eigenvalue weighted by Gasteiger charge is -2.35. The molecule has 0 heterocycles. The lowest BCUT2D eigenvalue weighted by atomic mass is 9.79. The second-order valence-corrected chi connectivity index (χ2v) is 6.13. The van der Waals surface area contributed by atoms with Crippen LogP contribution in [0.15, 0.2) is 0 Å². The zero-order chi connectivity index (χ0) is 12.5. The zero-order valence-corrected chi connectivity index (χ0v) is 12.3. The highest BCUT2D eigenvalue weighted by Gasteiger charge is 2.26. The van der Waals surface area contributed by atoms with Crippen LogP contribution in [0.1, 0.15) is 78.6 Å². The summed E-state index contributed by atoms with van der Waals surface area (Å²) in [7, 11) is 0. The van der Waals surface area contributed by atoms with E-state index in [1.165, 1.54) is 64.3 Å². The monoisotopic (exact) mass is 239 g/mol. The molecule has 1 nitrogen and oxygen atoms in total. The van der Waals surface area contributed by atoms with Crippen LogP contribution in [0.25, 0.3) is 0 Å². The summed E-state index contributed by atoms with van der Waals surface area (Å²) >= 11 is 0. The van der Waals surface area contributed by atoms with Crippen molar-refractivity contribution in [3.63, 3.8) is 0 Å². The molecule has 1 heteroatoms. The quantitative estimate of drug-likeness (QED) is 0.602. The second kappa shape index (κ2) is 8.97. The minimum atomic E-state index is 0.791.